The topological polar surface area (TPSA) is 57.6 Å². The van der Waals surface area contributed by atoms with Gasteiger partial charge in [0, 0.05) is 13.5 Å². The lowest BCUT2D eigenvalue weighted by atomic mass is 10.1. The van der Waals surface area contributed by atoms with Gasteiger partial charge in [0.2, 0.25) is 5.91 Å². The van der Waals surface area contributed by atoms with Gasteiger partial charge in [-0.3, -0.25) is 9.59 Å². The third-order valence-corrected chi connectivity index (χ3v) is 2.41. The normalized spacial score (nSPS) is 9.71. The van der Waals surface area contributed by atoms with E-state index in [-0.39, 0.29) is 19.0 Å². The summed E-state index contributed by atoms with van der Waals surface area (Å²) < 4.78 is 0. The predicted octanol–water partition coefficient (Wildman–Crippen LogP) is 1.76. The number of carbonyl (C=O) groups excluding carboxylic acids is 1. The zero-order valence-electron chi connectivity index (χ0n) is 9.72. The van der Waals surface area contributed by atoms with Crippen molar-refractivity contribution < 1.29 is 14.7 Å². The van der Waals surface area contributed by atoms with Gasteiger partial charge in [0.1, 0.15) is 6.54 Å². The number of carboxylic acid groups (broad SMARTS) is 1. The van der Waals surface area contributed by atoms with Gasteiger partial charge < -0.3 is 10.0 Å². The highest BCUT2D eigenvalue weighted by Gasteiger charge is 2.14. The Labute approximate surface area is 100 Å². The van der Waals surface area contributed by atoms with Crippen molar-refractivity contribution in [1.29, 1.82) is 0 Å². The smallest absolute Gasteiger partial charge is 0.323 e. The van der Waals surface area contributed by atoms with Gasteiger partial charge >= 0.3 is 5.97 Å². The van der Waals surface area contributed by atoms with E-state index in [0.717, 1.165) is 11.1 Å². The van der Waals surface area contributed by atoms with Crippen molar-refractivity contribution in [1.82, 2.24) is 4.90 Å². The molecule has 0 aliphatic carbocycles. The summed E-state index contributed by atoms with van der Waals surface area (Å²) in [4.78, 5) is 23.2. The Hall–Kier alpha value is -2.10. The van der Waals surface area contributed by atoms with E-state index in [9.17, 15) is 9.59 Å². The summed E-state index contributed by atoms with van der Waals surface area (Å²) in [5.74, 6) is -1.28. The van der Waals surface area contributed by atoms with Gasteiger partial charge in [0.25, 0.3) is 0 Å². The van der Waals surface area contributed by atoms with Crippen LogP contribution < -0.4 is 0 Å². The van der Waals surface area contributed by atoms with Crippen LogP contribution in [-0.2, 0) is 16.1 Å². The van der Waals surface area contributed by atoms with E-state index in [0.29, 0.717) is 0 Å². The Morgan fingerprint density at radius 3 is 2.59 bits per heavy atom. The van der Waals surface area contributed by atoms with Crippen molar-refractivity contribution in [2.24, 2.45) is 0 Å². The van der Waals surface area contributed by atoms with E-state index in [2.05, 4.69) is 6.58 Å². The molecule has 0 atom stereocenters. The fraction of sp³-hybridized carbons (Fsp3) is 0.231. The quantitative estimate of drug-likeness (QED) is 0.843. The summed E-state index contributed by atoms with van der Waals surface area (Å²) in [7, 11) is 0. The van der Waals surface area contributed by atoms with Gasteiger partial charge in [0.15, 0.2) is 0 Å². The van der Waals surface area contributed by atoms with Crippen LogP contribution in [0.25, 0.3) is 6.08 Å². The monoisotopic (exact) mass is 233 g/mol. The van der Waals surface area contributed by atoms with E-state index in [1.807, 2.05) is 24.3 Å². The van der Waals surface area contributed by atoms with Gasteiger partial charge in [-0.05, 0) is 11.1 Å². The number of amides is 1. The minimum absolute atomic E-state index is 0.258. The SMILES string of the molecule is C=Cc1ccccc1CN(CC(=O)O)C(C)=O. The van der Waals surface area contributed by atoms with Crippen LogP contribution in [0.5, 0.6) is 0 Å². The first-order valence-electron chi connectivity index (χ1n) is 5.22. The molecule has 0 fully saturated rings. The Balaban J connectivity index is 2.89. The lowest BCUT2D eigenvalue weighted by Gasteiger charge is -2.19. The molecule has 1 amide bonds. The number of benzene rings is 1. The van der Waals surface area contributed by atoms with Crippen molar-refractivity contribution in [3.05, 3.63) is 42.0 Å². The van der Waals surface area contributed by atoms with Crippen molar-refractivity contribution in [3.8, 4) is 0 Å². The second-order valence-electron chi connectivity index (χ2n) is 3.67. The summed E-state index contributed by atoms with van der Waals surface area (Å²) in [5, 5.41) is 8.72. The lowest BCUT2D eigenvalue weighted by molar-refractivity contribution is -0.144. The molecule has 1 aromatic rings. The number of hydrogen-bond acceptors (Lipinski definition) is 2. The summed E-state index contributed by atoms with van der Waals surface area (Å²) in [6, 6.07) is 7.45. The number of carbonyl (C=O) groups is 2. The van der Waals surface area contributed by atoms with E-state index in [4.69, 9.17) is 5.11 Å². The highest BCUT2D eigenvalue weighted by molar-refractivity contribution is 5.79. The van der Waals surface area contributed by atoms with Crippen molar-refractivity contribution >= 4 is 18.0 Å². The Bertz CT molecular complexity index is 440. The average Bonchev–Trinajstić information content (AvgIpc) is 2.28. The third kappa shape index (κ3) is 3.75. The van der Waals surface area contributed by atoms with Crippen LogP contribution in [0.15, 0.2) is 30.8 Å². The standard InChI is InChI=1S/C13H15NO3/c1-3-11-6-4-5-7-12(11)8-14(10(2)15)9-13(16)17/h3-7H,1,8-9H2,2H3,(H,16,17). The maximum absolute atomic E-state index is 11.3. The maximum Gasteiger partial charge on any atom is 0.323 e. The van der Waals surface area contributed by atoms with Crippen LogP contribution in [0.3, 0.4) is 0 Å². The van der Waals surface area contributed by atoms with Crippen molar-refractivity contribution in [2.45, 2.75) is 13.5 Å². The molecule has 0 aliphatic rings. The Morgan fingerprint density at radius 2 is 2.06 bits per heavy atom. The first-order valence-corrected chi connectivity index (χ1v) is 5.22. The molecule has 1 N–H and O–H groups in total. The number of nitrogens with zero attached hydrogens (tertiary/aromatic N) is 1. The van der Waals surface area contributed by atoms with Gasteiger partial charge in [-0.2, -0.15) is 0 Å². The molecule has 0 aliphatic heterocycles. The minimum atomic E-state index is -1.02. The zero-order valence-corrected chi connectivity index (χ0v) is 9.72. The number of carboxylic acids is 1. The Kier molecular flexibility index (Phi) is 4.46. The minimum Gasteiger partial charge on any atom is -0.480 e. The van der Waals surface area contributed by atoms with Gasteiger partial charge in [0.05, 0.1) is 0 Å². The maximum atomic E-state index is 11.3. The number of hydrogen-bond donors (Lipinski definition) is 1. The number of aliphatic carboxylic acids is 1. The van der Waals surface area contributed by atoms with Gasteiger partial charge in [-0.1, -0.05) is 36.9 Å². The molecule has 0 spiro atoms. The van der Waals surface area contributed by atoms with Crippen molar-refractivity contribution in [3.63, 3.8) is 0 Å². The molecule has 0 bridgehead atoms. The first-order chi connectivity index (χ1) is 8.04. The molecule has 0 aromatic heterocycles. The van der Waals surface area contributed by atoms with Crippen LogP contribution >= 0.6 is 0 Å². The molecule has 0 unspecified atom stereocenters. The predicted molar refractivity (Wildman–Crippen MR) is 65.3 cm³/mol. The third-order valence-electron chi connectivity index (χ3n) is 2.41. The fourth-order valence-electron chi connectivity index (χ4n) is 1.52. The van der Waals surface area contributed by atoms with Crippen LogP contribution in [0, 0.1) is 0 Å². The second-order valence-corrected chi connectivity index (χ2v) is 3.67. The molecular formula is C13H15NO3. The highest BCUT2D eigenvalue weighted by atomic mass is 16.4. The first kappa shape index (κ1) is 13.0. The zero-order chi connectivity index (χ0) is 12.8. The van der Waals surface area contributed by atoms with Crippen LogP contribution in [0.1, 0.15) is 18.1 Å². The van der Waals surface area contributed by atoms with Crippen LogP contribution in [0.2, 0.25) is 0 Å². The Morgan fingerprint density at radius 1 is 1.41 bits per heavy atom. The van der Waals surface area contributed by atoms with Gasteiger partial charge in [-0.25, -0.2) is 0 Å². The molecule has 0 saturated heterocycles. The number of rotatable bonds is 5. The largest absolute Gasteiger partial charge is 0.480 e. The molecule has 4 heteroatoms. The van der Waals surface area contributed by atoms with Gasteiger partial charge in [-0.15, -0.1) is 0 Å². The van der Waals surface area contributed by atoms with Crippen LogP contribution in [0.4, 0.5) is 0 Å². The van der Waals surface area contributed by atoms with E-state index < -0.39 is 5.97 Å². The van der Waals surface area contributed by atoms with E-state index >= 15 is 0 Å². The molecule has 1 rings (SSSR count). The molecule has 0 saturated carbocycles. The van der Waals surface area contributed by atoms with Crippen molar-refractivity contribution in [2.75, 3.05) is 6.54 Å². The molecule has 1 aromatic carbocycles. The fourth-order valence-corrected chi connectivity index (χ4v) is 1.52. The van der Waals surface area contributed by atoms with E-state index in [1.54, 1.807) is 6.08 Å². The molecular weight excluding hydrogens is 218 g/mol. The lowest BCUT2D eigenvalue weighted by Crippen LogP contribution is -2.33. The summed E-state index contributed by atoms with van der Waals surface area (Å²) in [6.07, 6.45) is 1.69. The molecule has 90 valence electrons. The second kappa shape index (κ2) is 5.84. The molecule has 0 radical (unpaired) electrons. The average molecular weight is 233 g/mol. The molecule has 17 heavy (non-hydrogen) atoms. The summed E-state index contributed by atoms with van der Waals surface area (Å²) in [6.45, 7) is 5.04. The highest BCUT2D eigenvalue weighted by Crippen LogP contribution is 2.12. The molecule has 0 heterocycles. The van der Waals surface area contributed by atoms with E-state index in [1.165, 1.54) is 11.8 Å². The van der Waals surface area contributed by atoms with Crippen LogP contribution in [-0.4, -0.2) is 28.4 Å². The summed E-state index contributed by atoms with van der Waals surface area (Å²) >= 11 is 0. The summed E-state index contributed by atoms with van der Waals surface area (Å²) in [5.41, 5.74) is 1.79. The molecule has 4 nitrogen and oxygen atoms in total.